The fourth-order valence-corrected chi connectivity index (χ4v) is 2.35. The van der Waals surface area contributed by atoms with E-state index in [0.29, 0.717) is 12.1 Å². The maximum absolute atomic E-state index is 11.9. The van der Waals surface area contributed by atoms with Gasteiger partial charge < -0.3 is 4.74 Å². The zero-order valence-electron chi connectivity index (χ0n) is 14.4. The van der Waals surface area contributed by atoms with Crippen molar-refractivity contribution in [3.8, 4) is 5.75 Å². The van der Waals surface area contributed by atoms with Gasteiger partial charge in [0.2, 0.25) is 5.91 Å². The van der Waals surface area contributed by atoms with Crippen LogP contribution in [0.5, 0.6) is 5.75 Å². The molecule has 0 bridgehead atoms. The summed E-state index contributed by atoms with van der Waals surface area (Å²) in [6.07, 6.45) is 3.77. The Morgan fingerprint density at radius 2 is 2.12 bits per heavy atom. The van der Waals surface area contributed by atoms with E-state index in [4.69, 9.17) is 4.74 Å². The molecule has 0 atom stereocenters. The molecule has 0 spiro atoms. The van der Waals surface area contributed by atoms with Gasteiger partial charge in [-0.3, -0.25) is 9.78 Å². The normalized spacial score (nSPS) is 11.2. The Balaban J connectivity index is 1.79. The van der Waals surface area contributed by atoms with E-state index in [2.05, 4.69) is 28.5 Å². The molecule has 1 amide bonds. The van der Waals surface area contributed by atoms with E-state index in [1.807, 2.05) is 37.3 Å². The predicted molar refractivity (Wildman–Crippen MR) is 95.3 cm³/mol. The number of benzene rings is 1. The number of amides is 1. The number of aryl methyl sites for hydroxylation is 2. The molecule has 24 heavy (non-hydrogen) atoms. The molecule has 1 N–H and O–H groups in total. The van der Waals surface area contributed by atoms with E-state index < -0.39 is 0 Å². The molecule has 0 radical (unpaired) electrons. The zero-order valence-corrected chi connectivity index (χ0v) is 14.4. The first-order valence-corrected chi connectivity index (χ1v) is 7.98. The number of nitrogens with zero attached hydrogens (tertiary/aromatic N) is 2. The van der Waals surface area contributed by atoms with Gasteiger partial charge in [-0.2, -0.15) is 5.10 Å². The van der Waals surface area contributed by atoms with Gasteiger partial charge in [0, 0.05) is 12.6 Å². The van der Waals surface area contributed by atoms with Crippen molar-refractivity contribution in [3.05, 3.63) is 59.4 Å². The van der Waals surface area contributed by atoms with Crippen LogP contribution < -0.4 is 10.2 Å². The van der Waals surface area contributed by atoms with Crippen LogP contribution in [0.15, 0.2) is 47.7 Å². The van der Waals surface area contributed by atoms with Gasteiger partial charge >= 0.3 is 0 Å². The molecule has 0 unspecified atom stereocenters. The summed E-state index contributed by atoms with van der Waals surface area (Å²) in [7, 11) is 1.66. The lowest BCUT2D eigenvalue weighted by Gasteiger charge is -2.08. The standard InChI is InChI=1S/C19H23N3O2/c1-14-13-17(24-3)11-10-16(14)7-6-9-19(23)22-21-15(2)18-8-4-5-12-20-18/h4-5,8,10-13H,6-7,9H2,1-3H3,(H,22,23)/b21-15+. The van der Waals surface area contributed by atoms with Gasteiger partial charge in [-0.25, -0.2) is 5.43 Å². The van der Waals surface area contributed by atoms with Crippen molar-refractivity contribution >= 4 is 11.6 Å². The number of hydrogen-bond acceptors (Lipinski definition) is 4. The zero-order chi connectivity index (χ0) is 17.4. The Morgan fingerprint density at radius 3 is 2.79 bits per heavy atom. The smallest absolute Gasteiger partial charge is 0.240 e. The molecular weight excluding hydrogens is 302 g/mol. The lowest BCUT2D eigenvalue weighted by Crippen LogP contribution is -2.19. The highest BCUT2D eigenvalue weighted by molar-refractivity contribution is 5.97. The third-order valence-electron chi connectivity index (χ3n) is 3.78. The number of ether oxygens (including phenoxy) is 1. The minimum atomic E-state index is -0.0866. The summed E-state index contributed by atoms with van der Waals surface area (Å²) in [4.78, 5) is 16.1. The molecule has 2 rings (SSSR count). The minimum absolute atomic E-state index is 0.0866. The molecule has 0 fully saturated rings. The summed E-state index contributed by atoms with van der Waals surface area (Å²) in [5.74, 6) is 0.768. The highest BCUT2D eigenvalue weighted by Crippen LogP contribution is 2.18. The van der Waals surface area contributed by atoms with Crippen LogP contribution in [-0.4, -0.2) is 23.7 Å². The summed E-state index contributed by atoms with van der Waals surface area (Å²) in [5.41, 5.74) is 6.45. The molecule has 5 nitrogen and oxygen atoms in total. The number of nitrogens with one attached hydrogen (secondary N) is 1. The molecular formula is C19H23N3O2. The summed E-state index contributed by atoms with van der Waals surface area (Å²) < 4.78 is 5.20. The number of hydrogen-bond donors (Lipinski definition) is 1. The highest BCUT2D eigenvalue weighted by Gasteiger charge is 2.05. The molecule has 2 aromatic rings. The van der Waals surface area contributed by atoms with Crippen LogP contribution in [0.3, 0.4) is 0 Å². The first kappa shape index (κ1) is 17.7. The summed E-state index contributed by atoms with van der Waals surface area (Å²) in [6, 6.07) is 11.6. The van der Waals surface area contributed by atoms with E-state index in [9.17, 15) is 4.79 Å². The van der Waals surface area contributed by atoms with Crippen molar-refractivity contribution in [1.29, 1.82) is 0 Å². The van der Waals surface area contributed by atoms with E-state index in [0.717, 1.165) is 24.3 Å². The molecule has 0 saturated heterocycles. The maximum atomic E-state index is 11.9. The SMILES string of the molecule is COc1ccc(CCCC(=O)N/N=C(\C)c2ccccn2)c(C)c1. The molecule has 5 heteroatoms. The van der Waals surface area contributed by atoms with E-state index in [1.165, 1.54) is 11.1 Å². The second kappa shape index (κ2) is 8.82. The topological polar surface area (TPSA) is 63.6 Å². The van der Waals surface area contributed by atoms with Crippen LogP contribution in [0.25, 0.3) is 0 Å². The fourth-order valence-electron chi connectivity index (χ4n) is 2.35. The van der Waals surface area contributed by atoms with Crippen molar-refractivity contribution in [2.45, 2.75) is 33.1 Å². The quantitative estimate of drug-likeness (QED) is 0.628. The minimum Gasteiger partial charge on any atom is -0.497 e. The van der Waals surface area contributed by atoms with E-state index in [-0.39, 0.29) is 5.91 Å². The molecule has 0 aliphatic heterocycles. The lowest BCUT2D eigenvalue weighted by atomic mass is 10.0. The number of carbonyl (C=O) groups excluding carboxylic acids is 1. The molecule has 0 aliphatic rings. The van der Waals surface area contributed by atoms with E-state index in [1.54, 1.807) is 13.3 Å². The Kier molecular flexibility index (Phi) is 6.49. The average molecular weight is 325 g/mol. The largest absolute Gasteiger partial charge is 0.497 e. The number of carbonyl (C=O) groups is 1. The maximum Gasteiger partial charge on any atom is 0.240 e. The Hall–Kier alpha value is -2.69. The molecule has 1 aromatic carbocycles. The van der Waals surface area contributed by atoms with Crippen LogP contribution in [0.1, 0.15) is 36.6 Å². The van der Waals surface area contributed by atoms with Crippen LogP contribution in [0.4, 0.5) is 0 Å². The predicted octanol–water partition coefficient (Wildman–Crippen LogP) is 3.26. The second-order valence-electron chi connectivity index (χ2n) is 5.59. The highest BCUT2D eigenvalue weighted by atomic mass is 16.5. The molecule has 126 valence electrons. The Morgan fingerprint density at radius 1 is 1.29 bits per heavy atom. The second-order valence-corrected chi connectivity index (χ2v) is 5.59. The number of hydrazone groups is 1. The van der Waals surface area contributed by atoms with Crippen LogP contribution >= 0.6 is 0 Å². The molecule has 1 heterocycles. The first-order chi connectivity index (χ1) is 11.6. The number of rotatable bonds is 7. The summed E-state index contributed by atoms with van der Waals surface area (Å²) >= 11 is 0. The fraction of sp³-hybridized carbons (Fsp3) is 0.316. The molecule has 0 aliphatic carbocycles. The van der Waals surface area contributed by atoms with Gasteiger partial charge in [0.25, 0.3) is 0 Å². The number of methoxy groups -OCH3 is 1. The summed E-state index contributed by atoms with van der Waals surface area (Å²) in [5, 5.41) is 4.10. The molecule has 0 saturated carbocycles. The third kappa shape index (κ3) is 5.19. The Bertz CT molecular complexity index is 712. The van der Waals surface area contributed by atoms with E-state index >= 15 is 0 Å². The third-order valence-corrected chi connectivity index (χ3v) is 3.78. The number of aromatic nitrogens is 1. The van der Waals surface area contributed by atoms with Crippen molar-refractivity contribution in [3.63, 3.8) is 0 Å². The molecule has 1 aromatic heterocycles. The Labute approximate surface area is 142 Å². The van der Waals surface area contributed by atoms with Crippen LogP contribution in [0, 0.1) is 6.92 Å². The van der Waals surface area contributed by atoms with Gasteiger partial charge in [-0.05, 0) is 62.1 Å². The number of pyridine rings is 1. The van der Waals surface area contributed by atoms with Crippen LogP contribution in [-0.2, 0) is 11.2 Å². The van der Waals surface area contributed by atoms with Crippen molar-refractivity contribution < 1.29 is 9.53 Å². The van der Waals surface area contributed by atoms with Gasteiger partial charge in [0.15, 0.2) is 0 Å². The van der Waals surface area contributed by atoms with Crippen molar-refractivity contribution in [2.75, 3.05) is 7.11 Å². The van der Waals surface area contributed by atoms with Crippen LogP contribution in [0.2, 0.25) is 0 Å². The average Bonchev–Trinajstić information content (AvgIpc) is 2.61. The first-order valence-electron chi connectivity index (χ1n) is 7.98. The van der Waals surface area contributed by atoms with Gasteiger partial charge in [-0.1, -0.05) is 12.1 Å². The van der Waals surface area contributed by atoms with Crippen molar-refractivity contribution in [1.82, 2.24) is 10.4 Å². The monoisotopic (exact) mass is 325 g/mol. The van der Waals surface area contributed by atoms with Gasteiger partial charge in [0.1, 0.15) is 5.75 Å². The summed E-state index contributed by atoms with van der Waals surface area (Å²) in [6.45, 7) is 3.88. The lowest BCUT2D eigenvalue weighted by molar-refractivity contribution is -0.121. The van der Waals surface area contributed by atoms with Gasteiger partial charge in [-0.15, -0.1) is 0 Å². The van der Waals surface area contributed by atoms with Crippen molar-refractivity contribution in [2.24, 2.45) is 5.10 Å². The van der Waals surface area contributed by atoms with Gasteiger partial charge in [0.05, 0.1) is 18.5 Å².